The van der Waals surface area contributed by atoms with Crippen LogP contribution >= 0.6 is 11.6 Å². The second-order valence-electron chi connectivity index (χ2n) is 9.89. The molecule has 38 heavy (non-hydrogen) atoms. The summed E-state index contributed by atoms with van der Waals surface area (Å²) in [5.74, 6) is 0.355. The standard InChI is InChI=1S/C25H33ClN6O6/c1-13(2)37-23(34)32(24(35)38-25(5,6)7)22-28-20(26)18-16(9-10-33)30-31(21(18)29-22)12-17-15(4)19(36-8)14(3)11-27-17/h11,13,33H,9-10,12H2,1-8H3. The molecule has 2 amide bonds. The molecular weight excluding hydrogens is 516 g/mol. The first-order valence-electron chi connectivity index (χ1n) is 12.0. The lowest BCUT2D eigenvalue weighted by Crippen LogP contribution is -2.43. The van der Waals surface area contributed by atoms with Gasteiger partial charge in [-0.15, -0.1) is 4.90 Å². The van der Waals surface area contributed by atoms with Crippen molar-refractivity contribution >= 4 is 40.8 Å². The average Bonchev–Trinajstić information content (AvgIpc) is 3.12. The highest BCUT2D eigenvalue weighted by molar-refractivity contribution is 6.34. The van der Waals surface area contributed by atoms with Crippen molar-refractivity contribution in [3.8, 4) is 5.75 Å². The van der Waals surface area contributed by atoms with Gasteiger partial charge < -0.3 is 19.3 Å². The molecule has 3 rings (SSSR count). The van der Waals surface area contributed by atoms with E-state index >= 15 is 0 Å². The first-order valence-corrected chi connectivity index (χ1v) is 12.4. The molecule has 12 nitrogen and oxygen atoms in total. The maximum absolute atomic E-state index is 13.1. The number of rotatable bonds is 7. The molecule has 206 valence electrons. The van der Waals surface area contributed by atoms with Gasteiger partial charge >= 0.3 is 12.2 Å². The van der Waals surface area contributed by atoms with Crippen LogP contribution in [0.4, 0.5) is 15.5 Å². The van der Waals surface area contributed by atoms with E-state index in [1.807, 2.05) is 13.8 Å². The highest BCUT2D eigenvalue weighted by Gasteiger charge is 2.34. The van der Waals surface area contributed by atoms with Crippen LogP contribution in [0.3, 0.4) is 0 Å². The van der Waals surface area contributed by atoms with Crippen LogP contribution in [0.2, 0.25) is 5.15 Å². The van der Waals surface area contributed by atoms with Crippen LogP contribution in [0.1, 0.15) is 57.1 Å². The first-order chi connectivity index (χ1) is 17.8. The van der Waals surface area contributed by atoms with E-state index in [1.54, 1.807) is 47.9 Å². The zero-order valence-corrected chi connectivity index (χ0v) is 23.6. The number of carbonyl (C=O) groups excluding carboxylic acids is 2. The van der Waals surface area contributed by atoms with Crippen molar-refractivity contribution in [1.82, 2.24) is 24.7 Å². The number of ether oxygens (including phenoxy) is 3. The van der Waals surface area contributed by atoms with Crippen molar-refractivity contribution in [1.29, 1.82) is 0 Å². The number of fused-ring (bicyclic) bond motifs is 1. The number of amides is 2. The lowest BCUT2D eigenvalue weighted by atomic mass is 10.1. The van der Waals surface area contributed by atoms with Crippen molar-refractivity contribution < 1.29 is 28.9 Å². The number of aromatic nitrogens is 5. The predicted octanol–water partition coefficient (Wildman–Crippen LogP) is 4.37. The van der Waals surface area contributed by atoms with Gasteiger partial charge in [0.25, 0.3) is 0 Å². The van der Waals surface area contributed by atoms with Crippen molar-refractivity contribution in [2.24, 2.45) is 0 Å². The maximum Gasteiger partial charge on any atom is 0.427 e. The number of halogens is 1. The van der Waals surface area contributed by atoms with Crippen LogP contribution in [0, 0.1) is 13.8 Å². The number of aliphatic hydroxyl groups excluding tert-OH is 1. The molecule has 0 saturated carbocycles. The summed E-state index contributed by atoms with van der Waals surface area (Å²) in [6.07, 6.45) is -0.700. The van der Waals surface area contributed by atoms with Crippen LogP contribution < -0.4 is 9.64 Å². The molecule has 0 fully saturated rings. The largest absolute Gasteiger partial charge is 0.496 e. The SMILES string of the molecule is COc1c(C)cnc(Cn2nc(CCO)c3c(Cl)nc(N(C(=O)OC(C)C)C(=O)OC(C)(C)C)nc32)c1C. The fourth-order valence-corrected chi connectivity index (χ4v) is 4.02. The highest BCUT2D eigenvalue weighted by atomic mass is 35.5. The van der Waals surface area contributed by atoms with E-state index in [1.165, 1.54) is 4.68 Å². The Morgan fingerprint density at radius 3 is 2.42 bits per heavy atom. The van der Waals surface area contributed by atoms with E-state index in [9.17, 15) is 14.7 Å². The van der Waals surface area contributed by atoms with Crippen LogP contribution in [-0.2, 0) is 22.4 Å². The molecular formula is C25H33ClN6O6. The lowest BCUT2D eigenvalue weighted by molar-refractivity contribution is 0.0551. The van der Waals surface area contributed by atoms with Gasteiger partial charge in [-0.1, -0.05) is 11.6 Å². The molecule has 0 aromatic carbocycles. The van der Waals surface area contributed by atoms with Gasteiger partial charge in [0, 0.05) is 30.4 Å². The van der Waals surface area contributed by atoms with Gasteiger partial charge in [0.15, 0.2) is 5.65 Å². The van der Waals surface area contributed by atoms with E-state index in [0.29, 0.717) is 27.4 Å². The zero-order chi connectivity index (χ0) is 28.4. The Morgan fingerprint density at radius 1 is 1.16 bits per heavy atom. The summed E-state index contributed by atoms with van der Waals surface area (Å²) >= 11 is 6.56. The van der Waals surface area contributed by atoms with E-state index in [-0.39, 0.29) is 36.3 Å². The predicted molar refractivity (Wildman–Crippen MR) is 141 cm³/mol. The fourth-order valence-electron chi connectivity index (χ4n) is 3.75. The van der Waals surface area contributed by atoms with Gasteiger partial charge in [0.2, 0.25) is 5.95 Å². The summed E-state index contributed by atoms with van der Waals surface area (Å²) in [5, 5.41) is 14.5. The molecule has 0 bridgehead atoms. The summed E-state index contributed by atoms with van der Waals surface area (Å²) in [4.78, 5) is 39.8. The fraction of sp³-hybridized carbons (Fsp3) is 0.520. The molecule has 0 atom stereocenters. The quantitative estimate of drug-likeness (QED) is 0.423. The van der Waals surface area contributed by atoms with E-state index in [2.05, 4.69) is 20.1 Å². The van der Waals surface area contributed by atoms with Crippen molar-refractivity contribution in [3.63, 3.8) is 0 Å². The number of aryl methyl sites for hydroxylation is 1. The third-order valence-electron chi connectivity index (χ3n) is 5.30. The van der Waals surface area contributed by atoms with E-state index in [0.717, 1.165) is 11.1 Å². The Kier molecular flexibility index (Phi) is 8.78. The summed E-state index contributed by atoms with van der Waals surface area (Å²) in [5.41, 5.74) is 2.12. The van der Waals surface area contributed by atoms with Gasteiger partial charge in [0.05, 0.1) is 36.5 Å². The van der Waals surface area contributed by atoms with Gasteiger partial charge in [-0.25, -0.2) is 14.3 Å². The van der Waals surface area contributed by atoms with Crippen LogP contribution in [-0.4, -0.2) is 67.4 Å². The van der Waals surface area contributed by atoms with E-state index in [4.69, 9.17) is 25.8 Å². The number of imide groups is 1. The maximum atomic E-state index is 13.1. The monoisotopic (exact) mass is 548 g/mol. The number of hydrogen-bond acceptors (Lipinski definition) is 10. The summed E-state index contributed by atoms with van der Waals surface area (Å²) in [6.45, 7) is 12.0. The van der Waals surface area contributed by atoms with Crippen LogP contribution in [0.25, 0.3) is 11.0 Å². The molecule has 0 unspecified atom stereocenters. The number of hydrogen-bond donors (Lipinski definition) is 1. The minimum atomic E-state index is -1.03. The third kappa shape index (κ3) is 6.30. The normalized spacial score (nSPS) is 11.7. The van der Waals surface area contributed by atoms with Crippen LogP contribution in [0.15, 0.2) is 6.20 Å². The molecule has 3 aromatic heterocycles. The number of pyridine rings is 1. The Hall–Kier alpha value is -3.51. The molecule has 0 radical (unpaired) electrons. The third-order valence-corrected chi connectivity index (χ3v) is 5.58. The Bertz CT molecular complexity index is 1350. The zero-order valence-electron chi connectivity index (χ0n) is 22.8. The summed E-state index contributed by atoms with van der Waals surface area (Å²) in [7, 11) is 1.59. The Morgan fingerprint density at radius 2 is 1.84 bits per heavy atom. The molecule has 0 spiro atoms. The lowest BCUT2D eigenvalue weighted by Gasteiger charge is -2.25. The Balaban J connectivity index is 2.21. The smallest absolute Gasteiger partial charge is 0.427 e. The molecule has 0 saturated heterocycles. The number of carbonyl (C=O) groups is 2. The van der Waals surface area contributed by atoms with Gasteiger partial charge in [-0.3, -0.25) is 4.98 Å². The first kappa shape index (κ1) is 29.1. The molecule has 3 heterocycles. The summed E-state index contributed by atoms with van der Waals surface area (Å²) in [6, 6.07) is 0. The minimum Gasteiger partial charge on any atom is -0.496 e. The van der Waals surface area contributed by atoms with Gasteiger partial charge in [-0.2, -0.15) is 15.1 Å². The van der Waals surface area contributed by atoms with Crippen molar-refractivity contribution in [2.75, 3.05) is 18.6 Å². The molecule has 13 heteroatoms. The molecule has 1 N–H and O–H groups in total. The highest BCUT2D eigenvalue weighted by Crippen LogP contribution is 2.30. The molecule has 0 aliphatic heterocycles. The van der Waals surface area contributed by atoms with Crippen molar-refractivity contribution in [2.45, 2.75) is 73.1 Å². The van der Waals surface area contributed by atoms with Crippen LogP contribution in [0.5, 0.6) is 5.75 Å². The van der Waals surface area contributed by atoms with Gasteiger partial charge in [-0.05, 0) is 48.5 Å². The Labute approximate surface area is 225 Å². The second-order valence-corrected chi connectivity index (χ2v) is 10.2. The van der Waals surface area contributed by atoms with E-state index < -0.39 is 23.9 Å². The molecule has 0 aliphatic carbocycles. The molecule has 0 aliphatic rings. The molecule has 3 aromatic rings. The number of aliphatic hydroxyl groups is 1. The number of anilines is 1. The number of nitrogens with zero attached hydrogens (tertiary/aromatic N) is 6. The number of methoxy groups -OCH3 is 1. The van der Waals surface area contributed by atoms with Crippen molar-refractivity contribution in [3.05, 3.63) is 33.9 Å². The summed E-state index contributed by atoms with van der Waals surface area (Å²) < 4.78 is 17.7. The average molecular weight is 549 g/mol. The topological polar surface area (TPSA) is 142 Å². The van der Waals surface area contributed by atoms with Gasteiger partial charge in [0.1, 0.15) is 16.5 Å². The minimum absolute atomic E-state index is 0.0585. The second kappa shape index (κ2) is 11.5.